The summed E-state index contributed by atoms with van der Waals surface area (Å²) in [5, 5.41) is 9.35. The van der Waals surface area contributed by atoms with Crippen LogP contribution < -0.4 is 0 Å². The van der Waals surface area contributed by atoms with Crippen molar-refractivity contribution in [3.63, 3.8) is 0 Å². The molecule has 9 heavy (non-hydrogen) atoms. The van der Waals surface area contributed by atoms with Gasteiger partial charge in [0.2, 0.25) is 0 Å². The third-order valence-electron chi connectivity index (χ3n) is 1.82. The van der Waals surface area contributed by atoms with Gasteiger partial charge in [0.15, 0.2) is 0 Å². The number of hydrogen-bond acceptors (Lipinski definition) is 2. The minimum absolute atomic E-state index is 0.213. The first-order valence-corrected chi connectivity index (χ1v) is 4.88. The Morgan fingerprint density at radius 1 is 1.56 bits per heavy atom. The van der Waals surface area contributed by atoms with Crippen molar-refractivity contribution in [3.05, 3.63) is 0 Å². The van der Waals surface area contributed by atoms with Crippen LogP contribution in [0.5, 0.6) is 0 Å². The Kier molecular flexibility index (Phi) is 2.42. The van der Waals surface area contributed by atoms with Gasteiger partial charge in [-0.3, -0.25) is 0 Å². The monoisotopic (exact) mass is 146 g/mol. The van der Waals surface area contributed by atoms with Gasteiger partial charge in [0.1, 0.15) is 0 Å². The molecule has 0 unspecified atom stereocenters. The minimum atomic E-state index is -0.213. The fourth-order valence-corrected chi connectivity index (χ4v) is 1.37. The molecule has 1 rings (SSSR count). The second-order valence-electron chi connectivity index (χ2n) is 2.82. The molecule has 2 heteroatoms. The van der Waals surface area contributed by atoms with E-state index < -0.39 is 0 Å². The molecule has 0 spiro atoms. The Bertz CT molecular complexity index is 88.9. The molecule has 1 fully saturated rings. The molecule has 54 valence electrons. The van der Waals surface area contributed by atoms with E-state index in [-0.39, 0.29) is 5.60 Å². The smallest absolute Gasteiger partial charge is 0.0650 e. The average Bonchev–Trinajstić information content (AvgIpc) is 2.50. The van der Waals surface area contributed by atoms with E-state index >= 15 is 0 Å². The SMILES string of the molecule is CSCCCC1(O)CC1. The lowest BCUT2D eigenvalue weighted by Crippen LogP contribution is -2.05. The molecule has 0 amide bonds. The minimum Gasteiger partial charge on any atom is -0.390 e. The van der Waals surface area contributed by atoms with Gasteiger partial charge in [-0.2, -0.15) is 11.8 Å². The van der Waals surface area contributed by atoms with Gasteiger partial charge in [-0.05, 0) is 37.7 Å². The van der Waals surface area contributed by atoms with Crippen LogP contribution in [-0.2, 0) is 0 Å². The predicted molar refractivity (Wildman–Crippen MR) is 41.8 cm³/mol. The van der Waals surface area contributed by atoms with Gasteiger partial charge in [-0.15, -0.1) is 0 Å². The third-order valence-corrected chi connectivity index (χ3v) is 2.51. The first kappa shape index (κ1) is 7.42. The summed E-state index contributed by atoms with van der Waals surface area (Å²) < 4.78 is 0. The van der Waals surface area contributed by atoms with E-state index in [9.17, 15) is 5.11 Å². The summed E-state index contributed by atoms with van der Waals surface area (Å²) in [5.41, 5.74) is -0.213. The zero-order valence-electron chi connectivity index (χ0n) is 5.89. The third kappa shape index (κ3) is 2.59. The lowest BCUT2D eigenvalue weighted by atomic mass is 10.2. The van der Waals surface area contributed by atoms with Crippen molar-refractivity contribution in [1.29, 1.82) is 0 Å². The molecule has 0 aromatic carbocycles. The summed E-state index contributed by atoms with van der Waals surface area (Å²) in [6, 6.07) is 0. The van der Waals surface area contributed by atoms with E-state index in [0.29, 0.717) is 0 Å². The molecular weight excluding hydrogens is 132 g/mol. The van der Waals surface area contributed by atoms with Crippen molar-refractivity contribution in [2.24, 2.45) is 0 Å². The summed E-state index contributed by atoms with van der Waals surface area (Å²) in [6.07, 6.45) is 6.39. The molecule has 1 aliphatic rings. The molecule has 0 bridgehead atoms. The van der Waals surface area contributed by atoms with E-state index in [1.165, 1.54) is 12.2 Å². The molecule has 1 nitrogen and oxygen atoms in total. The molecule has 0 atom stereocenters. The van der Waals surface area contributed by atoms with Gasteiger partial charge < -0.3 is 5.11 Å². The van der Waals surface area contributed by atoms with E-state index in [4.69, 9.17) is 0 Å². The number of thioether (sulfide) groups is 1. The van der Waals surface area contributed by atoms with Crippen LogP contribution in [0.4, 0.5) is 0 Å². The summed E-state index contributed by atoms with van der Waals surface area (Å²) in [5.74, 6) is 1.20. The standard InChI is InChI=1S/C7H14OS/c1-9-6-2-3-7(8)4-5-7/h8H,2-6H2,1H3. The molecular formula is C7H14OS. The zero-order valence-corrected chi connectivity index (χ0v) is 6.71. The zero-order chi connectivity index (χ0) is 6.74. The summed E-state index contributed by atoms with van der Waals surface area (Å²) in [6.45, 7) is 0. The van der Waals surface area contributed by atoms with E-state index in [0.717, 1.165) is 19.3 Å². The first-order chi connectivity index (χ1) is 4.27. The van der Waals surface area contributed by atoms with Crippen LogP contribution in [0.3, 0.4) is 0 Å². The lowest BCUT2D eigenvalue weighted by molar-refractivity contribution is 0.139. The van der Waals surface area contributed by atoms with Crippen molar-refractivity contribution in [1.82, 2.24) is 0 Å². The van der Waals surface area contributed by atoms with Gasteiger partial charge >= 0.3 is 0 Å². The molecule has 0 aromatic heterocycles. The normalized spacial score (nSPS) is 22.0. The average molecular weight is 146 g/mol. The van der Waals surface area contributed by atoms with E-state index in [1.807, 2.05) is 11.8 Å². The predicted octanol–water partition coefficient (Wildman–Crippen LogP) is 1.65. The lowest BCUT2D eigenvalue weighted by Gasteiger charge is -2.04. The fourth-order valence-electron chi connectivity index (χ4n) is 0.940. The Labute approximate surface area is 60.8 Å². The Balaban J connectivity index is 1.92. The van der Waals surface area contributed by atoms with Crippen molar-refractivity contribution in [2.75, 3.05) is 12.0 Å². The van der Waals surface area contributed by atoms with Gasteiger partial charge in [-0.25, -0.2) is 0 Å². The molecule has 1 saturated carbocycles. The van der Waals surface area contributed by atoms with Gasteiger partial charge in [0.05, 0.1) is 5.60 Å². The molecule has 0 aromatic rings. The quantitative estimate of drug-likeness (QED) is 0.609. The van der Waals surface area contributed by atoms with E-state index in [2.05, 4.69) is 6.26 Å². The highest BCUT2D eigenvalue weighted by molar-refractivity contribution is 7.98. The van der Waals surface area contributed by atoms with Crippen LogP contribution in [-0.4, -0.2) is 22.7 Å². The van der Waals surface area contributed by atoms with Crippen molar-refractivity contribution >= 4 is 11.8 Å². The van der Waals surface area contributed by atoms with Crippen molar-refractivity contribution in [2.45, 2.75) is 31.3 Å². The molecule has 0 radical (unpaired) electrons. The molecule has 0 heterocycles. The van der Waals surface area contributed by atoms with Crippen LogP contribution >= 0.6 is 11.8 Å². The second-order valence-corrected chi connectivity index (χ2v) is 3.81. The van der Waals surface area contributed by atoms with Crippen molar-refractivity contribution < 1.29 is 5.11 Å². The van der Waals surface area contributed by atoms with Crippen LogP contribution in [0.25, 0.3) is 0 Å². The Morgan fingerprint density at radius 3 is 2.67 bits per heavy atom. The highest BCUT2D eigenvalue weighted by Crippen LogP contribution is 2.39. The molecule has 1 aliphatic carbocycles. The second kappa shape index (κ2) is 2.93. The molecule has 0 saturated heterocycles. The Hall–Kier alpha value is 0.310. The van der Waals surface area contributed by atoms with Crippen LogP contribution in [0, 0.1) is 0 Å². The fraction of sp³-hybridized carbons (Fsp3) is 1.00. The highest BCUT2D eigenvalue weighted by Gasteiger charge is 2.38. The largest absolute Gasteiger partial charge is 0.390 e. The highest BCUT2D eigenvalue weighted by atomic mass is 32.2. The van der Waals surface area contributed by atoms with Crippen LogP contribution in [0.15, 0.2) is 0 Å². The Morgan fingerprint density at radius 2 is 2.22 bits per heavy atom. The van der Waals surface area contributed by atoms with Gasteiger partial charge in [0.25, 0.3) is 0 Å². The number of hydrogen-bond donors (Lipinski definition) is 1. The first-order valence-electron chi connectivity index (χ1n) is 3.48. The molecule has 0 aliphatic heterocycles. The van der Waals surface area contributed by atoms with E-state index in [1.54, 1.807) is 0 Å². The number of aliphatic hydroxyl groups is 1. The summed E-state index contributed by atoms with van der Waals surface area (Å²) >= 11 is 1.86. The maximum Gasteiger partial charge on any atom is 0.0650 e. The summed E-state index contributed by atoms with van der Waals surface area (Å²) in [7, 11) is 0. The van der Waals surface area contributed by atoms with Crippen molar-refractivity contribution in [3.8, 4) is 0 Å². The summed E-state index contributed by atoms with van der Waals surface area (Å²) in [4.78, 5) is 0. The molecule has 1 N–H and O–H groups in total. The van der Waals surface area contributed by atoms with Crippen LogP contribution in [0.1, 0.15) is 25.7 Å². The van der Waals surface area contributed by atoms with Gasteiger partial charge in [0, 0.05) is 0 Å². The van der Waals surface area contributed by atoms with Gasteiger partial charge in [-0.1, -0.05) is 0 Å². The van der Waals surface area contributed by atoms with Crippen LogP contribution in [0.2, 0.25) is 0 Å². The topological polar surface area (TPSA) is 20.2 Å². The number of rotatable bonds is 4. The maximum absolute atomic E-state index is 9.35. The maximum atomic E-state index is 9.35.